The largest absolute Gasteiger partial charge is 0.344 e. The van der Waals surface area contributed by atoms with Crippen molar-refractivity contribution in [1.29, 1.82) is 0 Å². The smallest absolute Gasteiger partial charge is 0.312 e. The number of carbonyl (C=O) groups excluding carboxylic acids is 2. The van der Waals surface area contributed by atoms with E-state index in [9.17, 15) is 9.59 Å². The van der Waals surface area contributed by atoms with Crippen molar-refractivity contribution in [3.05, 3.63) is 71.3 Å². The van der Waals surface area contributed by atoms with Gasteiger partial charge < -0.3 is 16.0 Å². The zero-order valence-corrected chi connectivity index (χ0v) is 14.7. The van der Waals surface area contributed by atoms with E-state index in [1.54, 1.807) is 4.90 Å². The molecule has 2 aromatic rings. The van der Waals surface area contributed by atoms with Gasteiger partial charge in [0.25, 0.3) is 0 Å². The Labute approximate surface area is 148 Å². The fraction of sp³-hybridized carbons (Fsp3) is 0.300. The Hall–Kier alpha value is -2.66. The first-order valence-electron chi connectivity index (χ1n) is 8.42. The minimum Gasteiger partial charge on any atom is -0.344 e. The predicted octanol–water partition coefficient (Wildman–Crippen LogP) is 2.20. The number of carbonyl (C=O) groups is 2. The predicted molar refractivity (Wildman–Crippen MR) is 98.3 cm³/mol. The maximum Gasteiger partial charge on any atom is 0.312 e. The lowest BCUT2D eigenvalue weighted by Crippen LogP contribution is -2.45. The second-order valence-electron chi connectivity index (χ2n) is 6.22. The molecule has 0 aliphatic rings. The zero-order valence-electron chi connectivity index (χ0n) is 14.7. The summed E-state index contributed by atoms with van der Waals surface area (Å²) in [6.45, 7) is 4.96. The third-order valence-corrected chi connectivity index (χ3v) is 3.95. The van der Waals surface area contributed by atoms with Gasteiger partial charge in [-0.1, -0.05) is 54.6 Å². The summed E-state index contributed by atoms with van der Waals surface area (Å²) in [5.41, 5.74) is 8.53. The Morgan fingerprint density at radius 3 is 2.28 bits per heavy atom. The van der Waals surface area contributed by atoms with Gasteiger partial charge in [-0.3, -0.25) is 9.59 Å². The van der Waals surface area contributed by atoms with E-state index in [0.29, 0.717) is 19.6 Å². The van der Waals surface area contributed by atoms with E-state index >= 15 is 0 Å². The summed E-state index contributed by atoms with van der Waals surface area (Å²) in [5.74, 6) is -1.11. The van der Waals surface area contributed by atoms with Crippen molar-refractivity contribution in [2.24, 2.45) is 5.73 Å². The van der Waals surface area contributed by atoms with E-state index in [-0.39, 0.29) is 6.04 Å². The monoisotopic (exact) mass is 339 g/mol. The number of amides is 2. The van der Waals surface area contributed by atoms with Crippen molar-refractivity contribution >= 4 is 11.8 Å². The van der Waals surface area contributed by atoms with E-state index in [1.807, 2.05) is 68.4 Å². The SMILES string of the molecule is CC(C)N(Cc1ccccc1)C(=O)C(=O)NCc1cccc(CN)c1. The van der Waals surface area contributed by atoms with Gasteiger partial charge in [0, 0.05) is 25.7 Å². The number of nitrogens with zero attached hydrogens (tertiary/aromatic N) is 1. The molecule has 0 unspecified atom stereocenters. The highest BCUT2D eigenvalue weighted by Gasteiger charge is 2.24. The van der Waals surface area contributed by atoms with Crippen molar-refractivity contribution < 1.29 is 9.59 Å². The average molecular weight is 339 g/mol. The molecular weight excluding hydrogens is 314 g/mol. The Kier molecular flexibility index (Phi) is 6.71. The number of nitrogens with one attached hydrogen (secondary N) is 1. The molecule has 0 bridgehead atoms. The fourth-order valence-electron chi connectivity index (χ4n) is 2.52. The molecule has 0 aliphatic carbocycles. The summed E-state index contributed by atoms with van der Waals surface area (Å²) < 4.78 is 0. The second-order valence-corrected chi connectivity index (χ2v) is 6.22. The summed E-state index contributed by atoms with van der Waals surface area (Å²) >= 11 is 0. The molecule has 5 nitrogen and oxygen atoms in total. The van der Waals surface area contributed by atoms with Crippen LogP contribution in [-0.4, -0.2) is 22.8 Å². The van der Waals surface area contributed by atoms with Crippen LogP contribution in [0.1, 0.15) is 30.5 Å². The molecule has 25 heavy (non-hydrogen) atoms. The van der Waals surface area contributed by atoms with Crippen molar-refractivity contribution in [2.75, 3.05) is 0 Å². The molecular formula is C20H25N3O2. The molecule has 5 heteroatoms. The zero-order chi connectivity index (χ0) is 18.2. The van der Waals surface area contributed by atoms with Gasteiger partial charge in [0.15, 0.2) is 0 Å². The number of rotatable bonds is 6. The van der Waals surface area contributed by atoms with Crippen molar-refractivity contribution in [2.45, 2.75) is 39.5 Å². The molecule has 0 radical (unpaired) electrons. The van der Waals surface area contributed by atoms with E-state index in [1.165, 1.54) is 0 Å². The number of hydrogen-bond acceptors (Lipinski definition) is 3. The van der Waals surface area contributed by atoms with Gasteiger partial charge in [-0.2, -0.15) is 0 Å². The van der Waals surface area contributed by atoms with Gasteiger partial charge in [-0.25, -0.2) is 0 Å². The van der Waals surface area contributed by atoms with Gasteiger partial charge in [-0.15, -0.1) is 0 Å². The Bertz CT molecular complexity index is 714. The first kappa shape index (κ1) is 18.7. The lowest BCUT2D eigenvalue weighted by atomic mass is 10.1. The van der Waals surface area contributed by atoms with Crippen LogP contribution in [0.25, 0.3) is 0 Å². The minimum absolute atomic E-state index is 0.0703. The van der Waals surface area contributed by atoms with Crippen LogP contribution in [0.2, 0.25) is 0 Å². The Morgan fingerprint density at radius 2 is 1.64 bits per heavy atom. The van der Waals surface area contributed by atoms with Crippen molar-refractivity contribution in [3.8, 4) is 0 Å². The molecule has 0 heterocycles. The summed E-state index contributed by atoms with van der Waals surface area (Å²) in [6, 6.07) is 17.2. The van der Waals surface area contributed by atoms with Crippen LogP contribution >= 0.6 is 0 Å². The van der Waals surface area contributed by atoms with Gasteiger partial charge in [0.05, 0.1) is 0 Å². The Morgan fingerprint density at radius 1 is 1.00 bits per heavy atom. The molecule has 3 N–H and O–H groups in total. The van der Waals surface area contributed by atoms with Gasteiger partial charge >= 0.3 is 11.8 Å². The van der Waals surface area contributed by atoms with Crippen molar-refractivity contribution in [1.82, 2.24) is 10.2 Å². The Balaban J connectivity index is 1.99. The minimum atomic E-state index is -0.595. The summed E-state index contributed by atoms with van der Waals surface area (Å²) in [6.07, 6.45) is 0. The van der Waals surface area contributed by atoms with Gasteiger partial charge in [0.2, 0.25) is 0 Å². The summed E-state index contributed by atoms with van der Waals surface area (Å²) in [4.78, 5) is 26.4. The van der Waals surface area contributed by atoms with Crippen LogP contribution in [0.4, 0.5) is 0 Å². The molecule has 0 aromatic heterocycles. The van der Waals surface area contributed by atoms with Gasteiger partial charge in [0.1, 0.15) is 0 Å². The summed E-state index contributed by atoms with van der Waals surface area (Å²) in [5, 5.41) is 2.70. The van der Waals surface area contributed by atoms with E-state index in [2.05, 4.69) is 5.32 Å². The highest BCUT2D eigenvalue weighted by Crippen LogP contribution is 2.09. The fourth-order valence-corrected chi connectivity index (χ4v) is 2.52. The summed E-state index contributed by atoms with van der Waals surface area (Å²) in [7, 11) is 0. The molecule has 132 valence electrons. The molecule has 2 aromatic carbocycles. The molecule has 0 saturated heterocycles. The van der Waals surface area contributed by atoms with Crippen molar-refractivity contribution in [3.63, 3.8) is 0 Å². The van der Waals surface area contributed by atoms with Crippen LogP contribution < -0.4 is 11.1 Å². The maximum atomic E-state index is 12.5. The molecule has 2 amide bonds. The van der Waals surface area contributed by atoms with E-state index in [0.717, 1.165) is 16.7 Å². The molecule has 2 rings (SSSR count). The first-order valence-corrected chi connectivity index (χ1v) is 8.42. The first-order chi connectivity index (χ1) is 12.0. The third kappa shape index (κ3) is 5.43. The standard InChI is InChI=1S/C20H25N3O2/c1-15(2)23(14-16-7-4-3-5-8-16)20(25)19(24)22-13-18-10-6-9-17(11-18)12-21/h3-11,15H,12-14,21H2,1-2H3,(H,22,24). The van der Waals surface area contributed by atoms with Crippen LogP contribution in [0, 0.1) is 0 Å². The highest BCUT2D eigenvalue weighted by atomic mass is 16.2. The quantitative estimate of drug-likeness (QED) is 0.792. The van der Waals surface area contributed by atoms with Crippen LogP contribution in [0.15, 0.2) is 54.6 Å². The number of benzene rings is 2. The number of hydrogen-bond donors (Lipinski definition) is 2. The molecule has 0 aliphatic heterocycles. The number of nitrogens with two attached hydrogens (primary N) is 1. The van der Waals surface area contributed by atoms with E-state index < -0.39 is 11.8 Å². The molecule has 0 saturated carbocycles. The lowest BCUT2D eigenvalue weighted by molar-refractivity contribution is -0.147. The molecule has 0 atom stereocenters. The normalized spacial score (nSPS) is 10.6. The van der Waals surface area contributed by atoms with Crippen LogP contribution in [0.3, 0.4) is 0 Å². The third-order valence-electron chi connectivity index (χ3n) is 3.95. The van der Waals surface area contributed by atoms with Crippen LogP contribution in [0.5, 0.6) is 0 Å². The lowest BCUT2D eigenvalue weighted by Gasteiger charge is -2.26. The van der Waals surface area contributed by atoms with Gasteiger partial charge in [-0.05, 0) is 30.5 Å². The topological polar surface area (TPSA) is 75.4 Å². The average Bonchev–Trinajstić information content (AvgIpc) is 2.64. The second kappa shape index (κ2) is 8.99. The van der Waals surface area contributed by atoms with E-state index in [4.69, 9.17) is 5.73 Å². The molecule has 0 fully saturated rings. The molecule has 0 spiro atoms. The van der Waals surface area contributed by atoms with Crippen LogP contribution in [-0.2, 0) is 29.2 Å². The highest BCUT2D eigenvalue weighted by molar-refractivity contribution is 6.35. The maximum absolute atomic E-state index is 12.5.